The molecular formula is C18H20FNO3S. The zero-order valence-electron chi connectivity index (χ0n) is 13.7. The highest BCUT2D eigenvalue weighted by Gasteiger charge is 2.10. The van der Waals surface area contributed by atoms with Crippen LogP contribution in [0, 0.1) is 5.82 Å². The lowest BCUT2D eigenvalue weighted by molar-refractivity contribution is -0.113. The maximum atomic E-state index is 13.5. The second-order valence-corrected chi connectivity index (χ2v) is 5.81. The molecule has 0 atom stereocenters. The molecule has 0 aliphatic carbocycles. The van der Waals surface area contributed by atoms with Crippen LogP contribution in [0.5, 0.6) is 11.5 Å². The Labute approximate surface area is 145 Å². The number of amides is 1. The number of carbonyl (C=O) groups is 1. The Bertz CT molecular complexity index is 694. The van der Waals surface area contributed by atoms with E-state index < -0.39 is 0 Å². The normalized spacial score (nSPS) is 10.3. The summed E-state index contributed by atoms with van der Waals surface area (Å²) in [6.45, 7) is 4.81. The van der Waals surface area contributed by atoms with Crippen LogP contribution in [0.25, 0.3) is 0 Å². The van der Waals surface area contributed by atoms with Crippen molar-refractivity contribution in [1.29, 1.82) is 0 Å². The SMILES string of the molecule is CCOc1ccc(NC(=O)CSc2ccccc2F)cc1OCC. The molecule has 128 valence electrons. The lowest BCUT2D eigenvalue weighted by Gasteiger charge is -2.13. The number of halogens is 1. The summed E-state index contributed by atoms with van der Waals surface area (Å²) in [5.74, 6) is 0.805. The molecule has 0 bridgehead atoms. The highest BCUT2D eigenvalue weighted by molar-refractivity contribution is 8.00. The van der Waals surface area contributed by atoms with Gasteiger partial charge in [-0.25, -0.2) is 4.39 Å². The third kappa shape index (κ3) is 5.16. The Kier molecular flexibility index (Phi) is 6.93. The minimum atomic E-state index is -0.324. The summed E-state index contributed by atoms with van der Waals surface area (Å²) >= 11 is 1.16. The maximum Gasteiger partial charge on any atom is 0.234 e. The summed E-state index contributed by atoms with van der Waals surface area (Å²) in [5, 5.41) is 2.78. The standard InChI is InChI=1S/C18H20FNO3S/c1-3-22-15-10-9-13(11-16(15)23-4-2)20-18(21)12-24-17-8-6-5-7-14(17)19/h5-11H,3-4,12H2,1-2H3,(H,20,21). The summed E-state index contributed by atoms with van der Waals surface area (Å²) in [5.41, 5.74) is 0.612. The number of thioether (sulfide) groups is 1. The van der Waals surface area contributed by atoms with E-state index >= 15 is 0 Å². The predicted molar refractivity (Wildman–Crippen MR) is 94.5 cm³/mol. The molecule has 0 unspecified atom stereocenters. The number of benzene rings is 2. The van der Waals surface area contributed by atoms with E-state index in [-0.39, 0.29) is 17.5 Å². The van der Waals surface area contributed by atoms with Gasteiger partial charge in [0, 0.05) is 16.6 Å². The van der Waals surface area contributed by atoms with E-state index in [1.54, 1.807) is 36.4 Å². The van der Waals surface area contributed by atoms with Gasteiger partial charge in [0.1, 0.15) is 5.82 Å². The molecule has 0 spiro atoms. The summed E-state index contributed by atoms with van der Waals surface area (Å²) in [6.07, 6.45) is 0. The first-order valence-electron chi connectivity index (χ1n) is 7.70. The predicted octanol–water partition coefficient (Wildman–Crippen LogP) is 4.35. The Hall–Kier alpha value is -2.21. The number of hydrogen-bond acceptors (Lipinski definition) is 4. The molecule has 1 N–H and O–H groups in total. The highest BCUT2D eigenvalue weighted by atomic mass is 32.2. The van der Waals surface area contributed by atoms with E-state index in [0.29, 0.717) is 35.3 Å². The van der Waals surface area contributed by atoms with Crippen LogP contribution in [-0.2, 0) is 4.79 Å². The second kappa shape index (κ2) is 9.17. The number of rotatable bonds is 8. The first kappa shape index (κ1) is 18.1. The van der Waals surface area contributed by atoms with Gasteiger partial charge in [-0.05, 0) is 38.1 Å². The van der Waals surface area contributed by atoms with Crippen molar-refractivity contribution in [3.63, 3.8) is 0 Å². The van der Waals surface area contributed by atoms with Gasteiger partial charge in [0.25, 0.3) is 0 Å². The van der Waals surface area contributed by atoms with E-state index in [4.69, 9.17) is 9.47 Å². The van der Waals surface area contributed by atoms with Gasteiger partial charge in [0.05, 0.1) is 19.0 Å². The third-order valence-electron chi connectivity index (χ3n) is 3.02. The molecule has 0 saturated carbocycles. The van der Waals surface area contributed by atoms with E-state index in [2.05, 4.69) is 5.32 Å². The largest absolute Gasteiger partial charge is 0.490 e. The van der Waals surface area contributed by atoms with Gasteiger partial charge in [-0.15, -0.1) is 11.8 Å². The maximum absolute atomic E-state index is 13.5. The molecule has 0 radical (unpaired) electrons. The highest BCUT2D eigenvalue weighted by Crippen LogP contribution is 2.31. The summed E-state index contributed by atoms with van der Waals surface area (Å²) in [7, 11) is 0. The lowest BCUT2D eigenvalue weighted by atomic mass is 10.2. The molecule has 0 aromatic heterocycles. The van der Waals surface area contributed by atoms with Crippen molar-refractivity contribution in [2.45, 2.75) is 18.7 Å². The van der Waals surface area contributed by atoms with Crippen LogP contribution in [0.3, 0.4) is 0 Å². The molecule has 2 aromatic carbocycles. The van der Waals surface area contributed by atoms with Crippen molar-refractivity contribution in [2.75, 3.05) is 24.3 Å². The van der Waals surface area contributed by atoms with Gasteiger partial charge >= 0.3 is 0 Å². The van der Waals surface area contributed by atoms with Crippen molar-refractivity contribution < 1.29 is 18.7 Å². The average Bonchev–Trinajstić information content (AvgIpc) is 2.57. The van der Waals surface area contributed by atoms with Crippen LogP contribution in [0.4, 0.5) is 10.1 Å². The minimum Gasteiger partial charge on any atom is -0.490 e. The Morgan fingerprint density at radius 3 is 2.50 bits per heavy atom. The molecule has 0 aliphatic heterocycles. The topological polar surface area (TPSA) is 47.6 Å². The number of ether oxygens (including phenoxy) is 2. The molecule has 2 aromatic rings. The van der Waals surface area contributed by atoms with Crippen LogP contribution in [0.15, 0.2) is 47.4 Å². The molecule has 2 rings (SSSR count). The van der Waals surface area contributed by atoms with Crippen molar-refractivity contribution in [1.82, 2.24) is 0 Å². The van der Waals surface area contributed by atoms with E-state index in [1.807, 2.05) is 13.8 Å². The zero-order chi connectivity index (χ0) is 17.4. The smallest absolute Gasteiger partial charge is 0.234 e. The first-order valence-corrected chi connectivity index (χ1v) is 8.69. The van der Waals surface area contributed by atoms with Gasteiger partial charge in [0.15, 0.2) is 11.5 Å². The second-order valence-electron chi connectivity index (χ2n) is 4.79. The van der Waals surface area contributed by atoms with Crippen LogP contribution >= 0.6 is 11.8 Å². The number of anilines is 1. The monoisotopic (exact) mass is 349 g/mol. The molecule has 4 nitrogen and oxygen atoms in total. The van der Waals surface area contributed by atoms with E-state index in [1.165, 1.54) is 6.07 Å². The van der Waals surface area contributed by atoms with Gasteiger partial charge in [-0.3, -0.25) is 4.79 Å². The molecule has 1 amide bonds. The molecule has 6 heteroatoms. The van der Waals surface area contributed by atoms with Gasteiger partial charge in [0.2, 0.25) is 5.91 Å². The van der Waals surface area contributed by atoms with Gasteiger partial charge < -0.3 is 14.8 Å². The molecule has 0 aliphatic rings. The molecule has 24 heavy (non-hydrogen) atoms. The van der Waals surface area contributed by atoms with E-state index in [9.17, 15) is 9.18 Å². The van der Waals surface area contributed by atoms with Crippen LogP contribution < -0.4 is 14.8 Å². The van der Waals surface area contributed by atoms with Crippen molar-refractivity contribution in [3.05, 3.63) is 48.3 Å². The molecule has 0 fully saturated rings. The number of nitrogens with one attached hydrogen (secondary N) is 1. The fraction of sp³-hybridized carbons (Fsp3) is 0.278. The van der Waals surface area contributed by atoms with E-state index in [0.717, 1.165) is 11.8 Å². The van der Waals surface area contributed by atoms with Crippen molar-refractivity contribution >= 4 is 23.4 Å². The summed E-state index contributed by atoms with van der Waals surface area (Å²) in [4.78, 5) is 12.5. The quantitative estimate of drug-likeness (QED) is 0.720. The fourth-order valence-corrected chi connectivity index (χ4v) is 2.77. The Morgan fingerprint density at radius 2 is 1.79 bits per heavy atom. The number of carbonyl (C=O) groups excluding carboxylic acids is 1. The van der Waals surface area contributed by atoms with Gasteiger partial charge in [-0.2, -0.15) is 0 Å². The first-order chi connectivity index (χ1) is 11.6. The molecule has 0 heterocycles. The van der Waals surface area contributed by atoms with Crippen LogP contribution in [-0.4, -0.2) is 24.9 Å². The average molecular weight is 349 g/mol. The van der Waals surface area contributed by atoms with Gasteiger partial charge in [-0.1, -0.05) is 12.1 Å². The summed E-state index contributed by atoms with van der Waals surface area (Å²) in [6, 6.07) is 11.6. The Morgan fingerprint density at radius 1 is 1.08 bits per heavy atom. The fourth-order valence-electron chi connectivity index (χ4n) is 2.03. The lowest BCUT2D eigenvalue weighted by Crippen LogP contribution is -2.14. The Balaban J connectivity index is 1.98. The van der Waals surface area contributed by atoms with Crippen LogP contribution in [0.1, 0.15) is 13.8 Å². The zero-order valence-corrected chi connectivity index (χ0v) is 14.5. The van der Waals surface area contributed by atoms with Crippen molar-refractivity contribution in [3.8, 4) is 11.5 Å². The minimum absolute atomic E-state index is 0.123. The molecular weight excluding hydrogens is 329 g/mol. The summed E-state index contributed by atoms with van der Waals surface area (Å²) < 4.78 is 24.5. The van der Waals surface area contributed by atoms with Crippen molar-refractivity contribution in [2.24, 2.45) is 0 Å². The third-order valence-corrected chi connectivity index (χ3v) is 4.07. The number of hydrogen-bond donors (Lipinski definition) is 1. The van der Waals surface area contributed by atoms with Crippen LogP contribution in [0.2, 0.25) is 0 Å². The molecule has 0 saturated heterocycles.